The first kappa shape index (κ1) is 17.9. The van der Waals surface area contributed by atoms with E-state index in [1.54, 1.807) is 0 Å². The quantitative estimate of drug-likeness (QED) is 0.774. The number of benzene rings is 2. The highest BCUT2D eigenvalue weighted by Crippen LogP contribution is 2.23. The zero-order valence-electron chi connectivity index (χ0n) is 15.6. The SMILES string of the molecule is O=C(CCC(=O)c1ccc2c(c1)CCCC2)NCc1ccc2c(c1)CNC2. The van der Waals surface area contributed by atoms with Crippen molar-refractivity contribution in [3.05, 3.63) is 69.8 Å². The van der Waals surface area contributed by atoms with Gasteiger partial charge in [-0.3, -0.25) is 9.59 Å². The Morgan fingerprint density at radius 2 is 1.63 bits per heavy atom. The first-order valence-electron chi connectivity index (χ1n) is 9.92. The molecular formula is C23H26N2O2. The number of rotatable bonds is 6. The molecule has 2 aromatic rings. The van der Waals surface area contributed by atoms with Crippen molar-refractivity contribution in [2.24, 2.45) is 0 Å². The molecule has 1 amide bonds. The average molecular weight is 362 g/mol. The molecule has 2 N–H and O–H groups in total. The molecule has 1 aliphatic carbocycles. The molecule has 0 aromatic heterocycles. The van der Waals surface area contributed by atoms with E-state index in [1.165, 1.54) is 35.1 Å². The fourth-order valence-electron chi connectivity index (χ4n) is 4.03. The molecule has 2 aromatic carbocycles. The molecule has 0 saturated heterocycles. The molecule has 4 nitrogen and oxygen atoms in total. The molecular weight excluding hydrogens is 336 g/mol. The number of ketones is 1. The third kappa shape index (κ3) is 4.28. The molecule has 0 bridgehead atoms. The van der Waals surface area contributed by atoms with Crippen LogP contribution in [0.25, 0.3) is 0 Å². The highest BCUT2D eigenvalue weighted by atomic mass is 16.2. The number of hydrogen-bond acceptors (Lipinski definition) is 3. The van der Waals surface area contributed by atoms with Crippen molar-refractivity contribution in [1.82, 2.24) is 10.6 Å². The van der Waals surface area contributed by atoms with E-state index in [2.05, 4.69) is 34.9 Å². The van der Waals surface area contributed by atoms with Crippen molar-refractivity contribution >= 4 is 11.7 Å². The monoisotopic (exact) mass is 362 g/mol. The minimum atomic E-state index is -0.0695. The summed E-state index contributed by atoms with van der Waals surface area (Å²) in [6.07, 6.45) is 5.12. The Kier molecular flexibility index (Phi) is 5.35. The minimum absolute atomic E-state index is 0.0575. The van der Waals surface area contributed by atoms with Crippen LogP contribution >= 0.6 is 0 Å². The molecule has 4 heteroatoms. The lowest BCUT2D eigenvalue weighted by Crippen LogP contribution is -2.23. The van der Waals surface area contributed by atoms with Crippen molar-refractivity contribution < 1.29 is 9.59 Å². The topological polar surface area (TPSA) is 58.2 Å². The third-order valence-corrected chi connectivity index (χ3v) is 5.64. The van der Waals surface area contributed by atoms with Gasteiger partial charge in [0.1, 0.15) is 0 Å². The summed E-state index contributed by atoms with van der Waals surface area (Å²) < 4.78 is 0. The maximum Gasteiger partial charge on any atom is 0.220 e. The maximum atomic E-state index is 12.5. The number of nitrogens with one attached hydrogen (secondary N) is 2. The van der Waals surface area contributed by atoms with Crippen molar-refractivity contribution in [1.29, 1.82) is 0 Å². The minimum Gasteiger partial charge on any atom is -0.352 e. The fraction of sp³-hybridized carbons (Fsp3) is 0.391. The van der Waals surface area contributed by atoms with Gasteiger partial charge in [-0.2, -0.15) is 0 Å². The summed E-state index contributed by atoms with van der Waals surface area (Å²) in [6, 6.07) is 12.4. The molecule has 140 valence electrons. The van der Waals surface area contributed by atoms with Crippen LogP contribution in [-0.4, -0.2) is 11.7 Å². The summed E-state index contributed by atoms with van der Waals surface area (Å²) in [7, 11) is 0. The molecule has 4 rings (SSSR count). The van der Waals surface area contributed by atoms with Gasteiger partial charge in [0.2, 0.25) is 5.91 Å². The Morgan fingerprint density at radius 1 is 0.852 bits per heavy atom. The van der Waals surface area contributed by atoms with Crippen LogP contribution < -0.4 is 10.6 Å². The molecule has 0 radical (unpaired) electrons. The van der Waals surface area contributed by atoms with Gasteiger partial charge in [-0.15, -0.1) is 0 Å². The maximum absolute atomic E-state index is 12.5. The largest absolute Gasteiger partial charge is 0.352 e. The van der Waals surface area contributed by atoms with E-state index in [9.17, 15) is 9.59 Å². The molecule has 0 spiro atoms. The standard InChI is InChI=1S/C23H26N2O2/c26-22(19-8-7-17-3-1-2-4-18(17)12-19)9-10-23(27)25-13-16-5-6-20-14-24-15-21(20)11-16/h5-8,11-12,24H,1-4,9-10,13-15H2,(H,25,27). The van der Waals surface area contributed by atoms with Crippen molar-refractivity contribution in [2.45, 2.75) is 58.2 Å². The van der Waals surface area contributed by atoms with Crippen molar-refractivity contribution in [3.8, 4) is 0 Å². The summed E-state index contributed by atoms with van der Waals surface area (Å²) >= 11 is 0. The van der Waals surface area contributed by atoms with Crippen LogP contribution in [0.5, 0.6) is 0 Å². The molecule has 0 atom stereocenters. The summed E-state index contributed by atoms with van der Waals surface area (Å²) in [4.78, 5) is 24.6. The Labute approximate surface area is 160 Å². The number of aryl methyl sites for hydroxylation is 2. The molecule has 1 aliphatic heterocycles. The van der Waals surface area contributed by atoms with Crippen LogP contribution in [0, 0.1) is 0 Å². The van der Waals surface area contributed by atoms with Crippen LogP contribution in [0.2, 0.25) is 0 Å². The second-order valence-corrected chi connectivity index (χ2v) is 7.60. The zero-order chi connectivity index (χ0) is 18.6. The lowest BCUT2D eigenvalue weighted by Gasteiger charge is -2.16. The number of carbonyl (C=O) groups is 2. The van der Waals surface area contributed by atoms with Gasteiger partial charge >= 0.3 is 0 Å². The van der Waals surface area contributed by atoms with E-state index in [-0.39, 0.29) is 24.5 Å². The van der Waals surface area contributed by atoms with Gasteiger partial charge in [0.15, 0.2) is 5.78 Å². The number of hydrogen-bond donors (Lipinski definition) is 2. The summed E-state index contributed by atoms with van der Waals surface area (Å²) in [5, 5.41) is 6.26. The molecule has 0 unspecified atom stereocenters. The van der Waals surface area contributed by atoms with E-state index in [4.69, 9.17) is 0 Å². The number of carbonyl (C=O) groups excluding carboxylic acids is 2. The van der Waals surface area contributed by atoms with E-state index >= 15 is 0 Å². The Bertz CT molecular complexity index is 873. The van der Waals surface area contributed by atoms with Gasteiger partial charge in [0.25, 0.3) is 0 Å². The average Bonchev–Trinajstić information content (AvgIpc) is 3.18. The van der Waals surface area contributed by atoms with Crippen molar-refractivity contribution in [3.63, 3.8) is 0 Å². The van der Waals surface area contributed by atoms with Crippen LogP contribution in [0.15, 0.2) is 36.4 Å². The van der Waals surface area contributed by atoms with E-state index in [0.29, 0.717) is 6.54 Å². The highest BCUT2D eigenvalue weighted by Gasteiger charge is 2.14. The second kappa shape index (κ2) is 8.05. The Balaban J connectivity index is 1.27. The highest BCUT2D eigenvalue weighted by molar-refractivity contribution is 5.98. The summed E-state index contributed by atoms with van der Waals surface area (Å²) in [6.45, 7) is 2.33. The first-order valence-corrected chi connectivity index (χ1v) is 9.92. The lowest BCUT2D eigenvalue weighted by atomic mass is 9.89. The molecule has 1 heterocycles. The van der Waals surface area contributed by atoms with Gasteiger partial charge in [-0.25, -0.2) is 0 Å². The second-order valence-electron chi connectivity index (χ2n) is 7.60. The molecule has 0 saturated carbocycles. The van der Waals surface area contributed by atoms with E-state index in [1.807, 2.05) is 12.1 Å². The van der Waals surface area contributed by atoms with Crippen LogP contribution in [0.1, 0.15) is 63.9 Å². The normalized spacial score (nSPS) is 15.1. The molecule has 2 aliphatic rings. The fourth-order valence-corrected chi connectivity index (χ4v) is 4.03. The van der Waals surface area contributed by atoms with Gasteiger partial charge in [0.05, 0.1) is 0 Å². The van der Waals surface area contributed by atoms with Crippen molar-refractivity contribution in [2.75, 3.05) is 0 Å². The number of Topliss-reactive ketones (excluding diaryl/α,β-unsaturated/α-hetero) is 1. The number of fused-ring (bicyclic) bond motifs is 2. The summed E-state index contributed by atoms with van der Waals surface area (Å²) in [5.41, 5.74) is 7.18. The Hall–Kier alpha value is -2.46. The Morgan fingerprint density at radius 3 is 2.52 bits per heavy atom. The first-order chi connectivity index (χ1) is 13.2. The van der Waals surface area contributed by atoms with E-state index in [0.717, 1.165) is 37.1 Å². The summed E-state index contributed by atoms with van der Waals surface area (Å²) in [5.74, 6) is -0.0120. The van der Waals surface area contributed by atoms with Gasteiger partial charge in [-0.1, -0.05) is 30.3 Å². The predicted octanol–water partition coefficient (Wildman–Crippen LogP) is 3.45. The van der Waals surface area contributed by atoms with Gasteiger partial charge < -0.3 is 10.6 Å². The lowest BCUT2D eigenvalue weighted by molar-refractivity contribution is -0.121. The number of amides is 1. The predicted molar refractivity (Wildman–Crippen MR) is 105 cm³/mol. The van der Waals surface area contributed by atoms with Gasteiger partial charge in [0, 0.05) is 38.0 Å². The van der Waals surface area contributed by atoms with Crippen LogP contribution in [-0.2, 0) is 37.3 Å². The zero-order valence-corrected chi connectivity index (χ0v) is 15.6. The van der Waals surface area contributed by atoms with Crippen LogP contribution in [0.4, 0.5) is 0 Å². The van der Waals surface area contributed by atoms with Gasteiger partial charge in [-0.05, 0) is 59.6 Å². The van der Waals surface area contributed by atoms with E-state index < -0.39 is 0 Å². The molecule has 0 fully saturated rings. The van der Waals surface area contributed by atoms with Crippen LogP contribution in [0.3, 0.4) is 0 Å². The smallest absolute Gasteiger partial charge is 0.220 e. The third-order valence-electron chi connectivity index (χ3n) is 5.64. The molecule has 27 heavy (non-hydrogen) atoms.